The van der Waals surface area contributed by atoms with Gasteiger partial charge in [-0.2, -0.15) is 4.98 Å². The van der Waals surface area contributed by atoms with E-state index in [2.05, 4.69) is 15.5 Å². The molecule has 0 radical (unpaired) electrons. The van der Waals surface area contributed by atoms with Crippen LogP contribution in [0, 0.1) is 0 Å². The average Bonchev–Trinajstić information content (AvgIpc) is 3.21. The van der Waals surface area contributed by atoms with Crippen molar-refractivity contribution in [3.63, 3.8) is 0 Å². The number of dihydropyridines is 1. The van der Waals surface area contributed by atoms with E-state index in [1.54, 1.807) is 7.11 Å². The molecule has 1 aromatic carbocycles. The molecule has 1 aliphatic rings. The Hall–Kier alpha value is -2.93. The van der Waals surface area contributed by atoms with Gasteiger partial charge in [0.2, 0.25) is 0 Å². The molecule has 1 aliphatic heterocycles. The molecule has 2 heterocycles. The van der Waals surface area contributed by atoms with Gasteiger partial charge < -0.3 is 19.3 Å². The first-order valence-corrected chi connectivity index (χ1v) is 10.2. The third-order valence-corrected chi connectivity index (χ3v) is 5.03. The summed E-state index contributed by atoms with van der Waals surface area (Å²) in [5.74, 6) is 0.445. The van der Waals surface area contributed by atoms with Crippen LogP contribution in [0.25, 0.3) is 5.57 Å². The van der Waals surface area contributed by atoms with Crippen molar-refractivity contribution in [1.29, 1.82) is 0 Å². The lowest BCUT2D eigenvalue weighted by molar-refractivity contribution is -0.139. The van der Waals surface area contributed by atoms with Gasteiger partial charge in [0, 0.05) is 43.0 Å². The Kier molecular flexibility index (Phi) is 7.05. The highest BCUT2D eigenvalue weighted by molar-refractivity contribution is 5.96. The molecule has 1 aromatic heterocycles. The van der Waals surface area contributed by atoms with Crippen molar-refractivity contribution in [2.45, 2.75) is 46.0 Å². The first-order chi connectivity index (χ1) is 14.4. The maximum absolute atomic E-state index is 13.1. The molecular formula is C23H29N3O4. The molecule has 1 unspecified atom stereocenters. The second-order valence-corrected chi connectivity index (χ2v) is 7.64. The van der Waals surface area contributed by atoms with Gasteiger partial charge in [0.1, 0.15) is 0 Å². The molecule has 30 heavy (non-hydrogen) atoms. The lowest BCUT2D eigenvalue weighted by Crippen LogP contribution is -2.29. The Morgan fingerprint density at radius 3 is 2.53 bits per heavy atom. The maximum Gasteiger partial charge on any atom is 0.336 e. The van der Waals surface area contributed by atoms with E-state index in [1.165, 1.54) is 0 Å². The fraction of sp³-hybridized carbons (Fsp3) is 0.435. The zero-order valence-electron chi connectivity index (χ0n) is 18.2. The summed E-state index contributed by atoms with van der Waals surface area (Å²) in [7, 11) is 1.63. The SMILES string of the molecule is COCCCOC(=O)C1=C(C)NC(C)=C(c2nc(C(C)C)no2)C1c1ccccc1. The summed E-state index contributed by atoms with van der Waals surface area (Å²) < 4.78 is 16.2. The Morgan fingerprint density at radius 1 is 1.17 bits per heavy atom. The number of rotatable bonds is 8. The molecule has 0 spiro atoms. The number of hydrogen-bond donors (Lipinski definition) is 1. The number of methoxy groups -OCH3 is 1. The van der Waals surface area contributed by atoms with E-state index < -0.39 is 0 Å². The van der Waals surface area contributed by atoms with E-state index >= 15 is 0 Å². The zero-order valence-corrected chi connectivity index (χ0v) is 18.2. The summed E-state index contributed by atoms with van der Waals surface area (Å²) >= 11 is 0. The number of ether oxygens (including phenoxy) is 2. The lowest BCUT2D eigenvalue weighted by Gasteiger charge is -2.30. The van der Waals surface area contributed by atoms with Crippen molar-refractivity contribution in [2.24, 2.45) is 0 Å². The number of nitrogens with one attached hydrogen (secondary N) is 1. The molecule has 7 heteroatoms. The Labute approximate surface area is 177 Å². The second kappa shape index (κ2) is 9.71. The summed E-state index contributed by atoms with van der Waals surface area (Å²) in [5.41, 5.74) is 3.92. The normalized spacial score (nSPS) is 16.8. The van der Waals surface area contributed by atoms with Crippen LogP contribution in [0.3, 0.4) is 0 Å². The van der Waals surface area contributed by atoms with Crippen LogP contribution in [0.15, 0.2) is 51.8 Å². The molecule has 1 atom stereocenters. The molecule has 0 amide bonds. The molecule has 7 nitrogen and oxygen atoms in total. The van der Waals surface area contributed by atoms with Crippen LogP contribution in [-0.2, 0) is 14.3 Å². The highest BCUT2D eigenvalue weighted by Crippen LogP contribution is 2.43. The van der Waals surface area contributed by atoms with E-state index in [4.69, 9.17) is 14.0 Å². The summed E-state index contributed by atoms with van der Waals surface area (Å²) in [6.45, 7) is 8.69. The summed E-state index contributed by atoms with van der Waals surface area (Å²) in [6, 6.07) is 9.84. The summed E-state index contributed by atoms with van der Waals surface area (Å²) in [4.78, 5) is 17.7. The molecule has 3 rings (SSSR count). The van der Waals surface area contributed by atoms with Gasteiger partial charge in [-0.25, -0.2) is 4.79 Å². The molecule has 1 N–H and O–H groups in total. The van der Waals surface area contributed by atoms with Gasteiger partial charge in [0.05, 0.1) is 18.1 Å². The van der Waals surface area contributed by atoms with Crippen LogP contribution in [0.1, 0.15) is 63.2 Å². The first kappa shape index (κ1) is 21.8. The van der Waals surface area contributed by atoms with Crippen LogP contribution in [0.5, 0.6) is 0 Å². The van der Waals surface area contributed by atoms with Gasteiger partial charge in [-0.3, -0.25) is 0 Å². The van der Waals surface area contributed by atoms with Crippen LogP contribution >= 0.6 is 0 Å². The van der Waals surface area contributed by atoms with E-state index in [0.29, 0.717) is 36.9 Å². The third-order valence-electron chi connectivity index (χ3n) is 5.03. The van der Waals surface area contributed by atoms with Crippen molar-refractivity contribution in [3.8, 4) is 0 Å². The van der Waals surface area contributed by atoms with Gasteiger partial charge in [-0.1, -0.05) is 49.3 Å². The average molecular weight is 412 g/mol. The maximum atomic E-state index is 13.1. The Morgan fingerprint density at radius 2 is 1.90 bits per heavy atom. The van der Waals surface area contributed by atoms with Gasteiger partial charge in [0.15, 0.2) is 5.82 Å². The summed E-state index contributed by atoms with van der Waals surface area (Å²) in [6.07, 6.45) is 0.640. The highest BCUT2D eigenvalue weighted by Gasteiger charge is 2.37. The molecule has 0 fully saturated rings. The third kappa shape index (κ3) is 4.62. The standard InChI is InChI=1S/C23H29N3O4/c1-14(2)21-25-22(30-26-21)18-15(3)24-16(4)19(23(27)29-13-9-12-28-5)20(18)17-10-7-6-8-11-17/h6-8,10-11,14,20,24H,9,12-13H2,1-5H3. The van der Waals surface area contributed by atoms with Crippen molar-refractivity contribution in [3.05, 3.63) is 64.6 Å². The van der Waals surface area contributed by atoms with E-state index in [-0.39, 0.29) is 17.8 Å². The predicted octanol–water partition coefficient (Wildman–Crippen LogP) is 4.16. The minimum Gasteiger partial charge on any atom is -0.462 e. The lowest BCUT2D eigenvalue weighted by atomic mass is 9.80. The quantitative estimate of drug-likeness (QED) is 0.515. The van der Waals surface area contributed by atoms with Crippen molar-refractivity contribution < 1.29 is 18.8 Å². The minimum absolute atomic E-state index is 0.137. The number of esters is 1. The summed E-state index contributed by atoms with van der Waals surface area (Å²) in [5, 5.41) is 7.42. The largest absolute Gasteiger partial charge is 0.462 e. The monoisotopic (exact) mass is 411 g/mol. The van der Waals surface area contributed by atoms with E-state index in [0.717, 1.165) is 22.5 Å². The van der Waals surface area contributed by atoms with Crippen LogP contribution < -0.4 is 5.32 Å². The minimum atomic E-state index is -0.372. The topological polar surface area (TPSA) is 86.5 Å². The first-order valence-electron chi connectivity index (χ1n) is 10.2. The van der Waals surface area contributed by atoms with Crippen molar-refractivity contribution in [1.82, 2.24) is 15.5 Å². The Balaban J connectivity index is 2.03. The highest BCUT2D eigenvalue weighted by atomic mass is 16.5. The van der Waals surface area contributed by atoms with Gasteiger partial charge in [0.25, 0.3) is 5.89 Å². The molecule has 2 aromatic rings. The number of nitrogens with zero attached hydrogens (tertiary/aromatic N) is 2. The van der Waals surface area contributed by atoms with Crippen LogP contribution in [0.4, 0.5) is 0 Å². The van der Waals surface area contributed by atoms with E-state index in [1.807, 2.05) is 58.0 Å². The number of allylic oxidation sites excluding steroid dienone is 3. The molecule has 160 valence electrons. The Bertz CT molecular complexity index is 944. The fourth-order valence-corrected chi connectivity index (χ4v) is 3.55. The molecule has 0 bridgehead atoms. The fourth-order valence-electron chi connectivity index (χ4n) is 3.55. The van der Waals surface area contributed by atoms with Crippen molar-refractivity contribution in [2.75, 3.05) is 20.3 Å². The van der Waals surface area contributed by atoms with Crippen LogP contribution in [-0.4, -0.2) is 36.4 Å². The number of benzene rings is 1. The van der Waals surface area contributed by atoms with Gasteiger partial charge >= 0.3 is 5.97 Å². The second-order valence-electron chi connectivity index (χ2n) is 7.64. The zero-order chi connectivity index (χ0) is 21.7. The van der Waals surface area contributed by atoms with Gasteiger partial charge in [-0.05, 0) is 19.4 Å². The number of carbonyl (C=O) groups excluding carboxylic acids is 1. The predicted molar refractivity (Wildman–Crippen MR) is 113 cm³/mol. The molecule has 0 saturated heterocycles. The molecule has 0 saturated carbocycles. The smallest absolute Gasteiger partial charge is 0.336 e. The van der Waals surface area contributed by atoms with Gasteiger partial charge in [-0.15, -0.1) is 0 Å². The van der Waals surface area contributed by atoms with Crippen LogP contribution in [0.2, 0.25) is 0 Å². The molecular weight excluding hydrogens is 382 g/mol. The number of aromatic nitrogens is 2. The number of hydrogen-bond acceptors (Lipinski definition) is 7. The van der Waals surface area contributed by atoms with Crippen molar-refractivity contribution >= 4 is 11.5 Å². The number of carbonyl (C=O) groups is 1. The molecule has 0 aliphatic carbocycles. The van der Waals surface area contributed by atoms with E-state index in [9.17, 15) is 4.79 Å².